The van der Waals surface area contributed by atoms with E-state index in [1.807, 2.05) is 43.9 Å². The van der Waals surface area contributed by atoms with Gasteiger partial charge in [-0.15, -0.1) is 0 Å². The van der Waals surface area contributed by atoms with Crippen molar-refractivity contribution >= 4 is 27.5 Å². The molecule has 1 amide bonds. The maximum absolute atomic E-state index is 12.0. The Kier molecular flexibility index (Phi) is 6.69. The molecule has 1 atom stereocenters. The Balaban J connectivity index is 2.60. The summed E-state index contributed by atoms with van der Waals surface area (Å²) in [4.78, 5) is 14.0. The first-order valence-corrected chi connectivity index (χ1v) is 7.43. The van der Waals surface area contributed by atoms with Gasteiger partial charge in [0.15, 0.2) is 0 Å². The van der Waals surface area contributed by atoms with Crippen LogP contribution in [0.15, 0.2) is 22.7 Å². The minimum atomic E-state index is -0.0721. The summed E-state index contributed by atoms with van der Waals surface area (Å²) in [7, 11) is 0. The van der Waals surface area contributed by atoms with Crippen LogP contribution in [0.2, 0.25) is 0 Å². The van der Waals surface area contributed by atoms with Crippen LogP contribution < -0.4 is 5.32 Å². The van der Waals surface area contributed by atoms with Crippen LogP contribution in [0.1, 0.15) is 19.4 Å². The van der Waals surface area contributed by atoms with E-state index in [2.05, 4.69) is 27.3 Å². The molecule has 0 heterocycles. The average molecular weight is 338 g/mol. The van der Waals surface area contributed by atoms with Crippen molar-refractivity contribution in [2.24, 2.45) is 5.92 Å². The number of hydrogen-bond acceptors (Lipinski definition) is 3. The molecule has 0 aliphatic rings. The molecule has 0 bridgehead atoms. The van der Waals surface area contributed by atoms with Crippen molar-refractivity contribution in [2.75, 3.05) is 25.0 Å². The molecule has 5 heteroatoms. The number of nitriles is 1. The van der Waals surface area contributed by atoms with E-state index in [1.54, 1.807) is 0 Å². The summed E-state index contributed by atoms with van der Waals surface area (Å²) in [6, 6.07) is 7.93. The van der Waals surface area contributed by atoms with Crippen LogP contribution >= 0.6 is 15.9 Å². The van der Waals surface area contributed by atoms with Crippen molar-refractivity contribution in [3.05, 3.63) is 28.2 Å². The lowest BCUT2D eigenvalue weighted by molar-refractivity contribution is -0.117. The molecule has 0 aromatic heterocycles. The van der Waals surface area contributed by atoms with E-state index in [0.717, 1.165) is 22.3 Å². The molecule has 0 fully saturated rings. The van der Waals surface area contributed by atoms with Gasteiger partial charge in [-0.05, 0) is 44.2 Å². The monoisotopic (exact) mass is 337 g/mol. The van der Waals surface area contributed by atoms with Crippen LogP contribution in [0.4, 0.5) is 5.69 Å². The van der Waals surface area contributed by atoms with Gasteiger partial charge in [-0.3, -0.25) is 9.69 Å². The van der Waals surface area contributed by atoms with Crippen molar-refractivity contribution in [3.8, 4) is 6.07 Å². The predicted octanol–water partition coefficient (Wildman–Crippen LogP) is 3.18. The van der Waals surface area contributed by atoms with Crippen LogP contribution in [0.25, 0.3) is 0 Å². The summed E-state index contributed by atoms with van der Waals surface area (Å²) in [5, 5.41) is 11.7. The standard InChI is InChI=1S/C15H20BrN3O/c1-4-19(9-11(2)8-17)10-15(20)18-14-6-5-13(16)7-12(14)3/h5-7,11H,4,9-10H2,1-3H3,(H,18,20)/t11-/m1/s1. The first kappa shape index (κ1) is 16.7. The third-order valence-electron chi connectivity index (χ3n) is 3.03. The topological polar surface area (TPSA) is 56.1 Å². The van der Waals surface area contributed by atoms with Crippen LogP contribution in [0, 0.1) is 24.2 Å². The second kappa shape index (κ2) is 8.03. The van der Waals surface area contributed by atoms with Crippen molar-refractivity contribution in [1.29, 1.82) is 5.26 Å². The normalized spacial score (nSPS) is 12.0. The van der Waals surface area contributed by atoms with Gasteiger partial charge >= 0.3 is 0 Å². The number of halogens is 1. The van der Waals surface area contributed by atoms with E-state index in [-0.39, 0.29) is 11.8 Å². The highest BCUT2D eigenvalue weighted by molar-refractivity contribution is 9.10. The number of hydrogen-bond donors (Lipinski definition) is 1. The van der Waals surface area contributed by atoms with E-state index in [4.69, 9.17) is 5.26 Å². The molecule has 0 aliphatic heterocycles. The molecule has 0 saturated carbocycles. The number of nitrogens with zero attached hydrogens (tertiary/aromatic N) is 2. The van der Waals surface area contributed by atoms with Gasteiger partial charge in [0.05, 0.1) is 18.5 Å². The lowest BCUT2D eigenvalue weighted by atomic mass is 10.2. The lowest BCUT2D eigenvalue weighted by Crippen LogP contribution is -2.35. The molecular weight excluding hydrogens is 318 g/mol. The molecule has 1 aromatic rings. The minimum Gasteiger partial charge on any atom is -0.325 e. The third-order valence-corrected chi connectivity index (χ3v) is 3.52. The zero-order chi connectivity index (χ0) is 15.1. The fraction of sp³-hybridized carbons (Fsp3) is 0.467. The van der Waals surface area contributed by atoms with Gasteiger partial charge in [-0.25, -0.2) is 0 Å². The van der Waals surface area contributed by atoms with E-state index in [9.17, 15) is 4.79 Å². The average Bonchev–Trinajstić information content (AvgIpc) is 2.41. The largest absolute Gasteiger partial charge is 0.325 e. The number of benzene rings is 1. The number of carbonyl (C=O) groups excluding carboxylic acids is 1. The highest BCUT2D eigenvalue weighted by Crippen LogP contribution is 2.19. The summed E-state index contributed by atoms with van der Waals surface area (Å²) in [6.45, 7) is 7.47. The molecule has 0 spiro atoms. The Bertz CT molecular complexity index is 510. The van der Waals surface area contributed by atoms with Crippen LogP contribution in [-0.2, 0) is 4.79 Å². The van der Waals surface area contributed by atoms with E-state index in [0.29, 0.717) is 13.1 Å². The van der Waals surface area contributed by atoms with Gasteiger partial charge in [0.2, 0.25) is 5.91 Å². The van der Waals surface area contributed by atoms with Gasteiger partial charge in [0.25, 0.3) is 0 Å². The summed E-state index contributed by atoms with van der Waals surface area (Å²) in [5.41, 5.74) is 1.84. The smallest absolute Gasteiger partial charge is 0.238 e. The van der Waals surface area contributed by atoms with E-state index < -0.39 is 0 Å². The molecular formula is C15H20BrN3O. The summed E-state index contributed by atoms with van der Waals surface area (Å²) < 4.78 is 0.992. The quantitative estimate of drug-likeness (QED) is 0.867. The predicted molar refractivity (Wildman–Crippen MR) is 84.4 cm³/mol. The molecule has 0 unspecified atom stereocenters. The number of rotatable bonds is 6. The number of aryl methyl sites for hydroxylation is 1. The highest BCUT2D eigenvalue weighted by atomic mass is 79.9. The number of amides is 1. The molecule has 1 N–H and O–H groups in total. The maximum atomic E-state index is 12.0. The highest BCUT2D eigenvalue weighted by Gasteiger charge is 2.13. The van der Waals surface area contributed by atoms with Crippen molar-refractivity contribution in [1.82, 2.24) is 4.90 Å². The number of anilines is 1. The Morgan fingerprint density at radius 2 is 2.25 bits per heavy atom. The second-order valence-corrected chi connectivity index (χ2v) is 5.78. The molecule has 108 valence electrons. The maximum Gasteiger partial charge on any atom is 0.238 e. The Labute approximate surface area is 128 Å². The SMILES string of the molecule is CCN(CC(=O)Nc1ccc(Br)cc1C)C[C@H](C)C#N. The second-order valence-electron chi connectivity index (χ2n) is 4.87. The van der Waals surface area contributed by atoms with Crippen LogP contribution in [-0.4, -0.2) is 30.4 Å². The zero-order valence-corrected chi connectivity index (χ0v) is 13.7. The molecule has 1 aromatic carbocycles. The third kappa shape index (κ3) is 5.32. The number of carbonyl (C=O) groups is 1. The fourth-order valence-corrected chi connectivity index (χ4v) is 2.37. The Morgan fingerprint density at radius 3 is 2.80 bits per heavy atom. The summed E-state index contributed by atoms with van der Waals surface area (Å²) >= 11 is 3.40. The minimum absolute atomic E-state index is 0.0533. The van der Waals surface area contributed by atoms with Crippen molar-refractivity contribution in [2.45, 2.75) is 20.8 Å². The molecule has 1 rings (SSSR count). The first-order valence-electron chi connectivity index (χ1n) is 6.64. The molecule has 0 aliphatic carbocycles. The number of likely N-dealkylation sites (N-methyl/N-ethyl adjacent to an activating group) is 1. The van der Waals surface area contributed by atoms with Gasteiger partial charge in [-0.2, -0.15) is 5.26 Å². The van der Waals surface area contributed by atoms with E-state index in [1.165, 1.54) is 0 Å². The fourth-order valence-electron chi connectivity index (χ4n) is 1.89. The van der Waals surface area contributed by atoms with Crippen molar-refractivity contribution < 1.29 is 4.79 Å². The van der Waals surface area contributed by atoms with Crippen LogP contribution in [0.3, 0.4) is 0 Å². The number of nitrogens with one attached hydrogen (secondary N) is 1. The molecule has 0 saturated heterocycles. The van der Waals surface area contributed by atoms with Crippen molar-refractivity contribution in [3.63, 3.8) is 0 Å². The Hall–Kier alpha value is -1.38. The zero-order valence-electron chi connectivity index (χ0n) is 12.1. The van der Waals surface area contributed by atoms with Crippen LogP contribution in [0.5, 0.6) is 0 Å². The summed E-state index contributed by atoms with van der Waals surface area (Å²) in [6.07, 6.45) is 0. The van der Waals surface area contributed by atoms with Gasteiger partial charge in [-0.1, -0.05) is 22.9 Å². The van der Waals surface area contributed by atoms with Gasteiger partial charge < -0.3 is 5.32 Å². The first-order chi connectivity index (χ1) is 9.46. The van der Waals surface area contributed by atoms with Gasteiger partial charge in [0.1, 0.15) is 0 Å². The lowest BCUT2D eigenvalue weighted by Gasteiger charge is -2.21. The Morgan fingerprint density at radius 1 is 1.55 bits per heavy atom. The molecule has 20 heavy (non-hydrogen) atoms. The van der Waals surface area contributed by atoms with E-state index >= 15 is 0 Å². The molecule has 4 nitrogen and oxygen atoms in total. The van der Waals surface area contributed by atoms with Gasteiger partial charge in [0, 0.05) is 16.7 Å². The molecule has 0 radical (unpaired) electrons. The summed E-state index contributed by atoms with van der Waals surface area (Å²) in [5.74, 6) is -0.125.